The van der Waals surface area contributed by atoms with E-state index < -0.39 is 17.8 Å². The lowest BCUT2D eigenvalue weighted by molar-refractivity contribution is -0.137. The van der Waals surface area contributed by atoms with Crippen molar-refractivity contribution in [1.82, 2.24) is 0 Å². The van der Waals surface area contributed by atoms with Gasteiger partial charge in [0.2, 0.25) is 0 Å². The first-order chi connectivity index (χ1) is 6.82. The molecule has 1 aromatic rings. The molecule has 0 aliphatic heterocycles. The normalized spacial score (nSPS) is 16.1. The summed E-state index contributed by atoms with van der Waals surface area (Å²) < 4.78 is 36.7. The smallest absolute Gasteiger partial charge is 0.393 e. The van der Waals surface area contributed by atoms with Crippen molar-refractivity contribution in [3.63, 3.8) is 0 Å². The van der Waals surface area contributed by atoms with Crippen LogP contribution in [0.15, 0.2) is 24.3 Å². The van der Waals surface area contributed by atoms with E-state index >= 15 is 0 Å². The summed E-state index contributed by atoms with van der Waals surface area (Å²) in [5.74, 6) is -0.160. The number of hydrogen-bond donors (Lipinski definition) is 1. The van der Waals surface area contributed by atoms with Crippen LogP contribution in [-0.4, -0.2) is 11.2 Å². The molecular formula is C11H13F3O. The Labute approximate surface area is 86.5 Å². The molecule has 0 amide bonds. The number of aliphatic hydroxyl groups excluding tert-OH is 1. The molecule has 2 atom stereocenters. The first-order valence-corrected chi connectivity index (χ1v) is 4.67. The fourth-order valence-electron chi connectivity index (χ4n) is 1.25. The zero-order chi connectivity index (χ0) is 11.6. The Morgan fingerprint density at radius 3 is 1.87 bits per heavy atom. The summed E-state index contributed by atoms with van der Waals surface area (Å²) in [6, 6.07) is 4.88. The minimum absolute atomic E-state index is 0.160. The highest BCUT2D eigenvalue weighted by atomic mass is 19.4. The van der Waals surface area contributed by atoms with Crippen LogP contribution in [0.5, 0.6) is 0 Å². The van der Waals surface area contributed by atoms with Gasteiger partial charge >= 0.3 is 6.18 Å². The number of benzene rings is 1. The van der Waals surface area contributed by atoms with Gasteiger partial charge in [0, 0.05) is 5.92 Å². The third-order valence-electron chi connectivity index (χ3n) is 2.49. The molecule has 0 aromatic heterocycles. The van der Waals surface area contributed by atoms with E-state index in [-0.39, 0.29) is 5.92 Å². The molecule has 0 aliphatic rings. The molecule has 0 radical (unpaired) electrons. The van der Waals surface area contributed by atoms with Gasteiger partial charge in [-0.15, -0.1) is 0 Å². The number of halogens is 3. The van der Waals surface area contributed by atoms with Gasteiger partial charge in [0.05, 0.1) is 11.7 Å². The molecule has 1 N–H and O–H groups in total. The molecular weight excluding hydrogens is 205 g/mol. The van der Waals surface area contributed by atoms with E-state index in [1.165, 1.54) is 12.1 Å². The van der Waals surface area contributed by atoms with Crippen LogP contribution >= 0.6 is 0 Å². The molecule has 1 rings (SSSR count). The minimum atomic E-state index is -4.30. The molecule has 0 saturated heterocycles. The van der Waals surface area contributed by atoms with Crippen LogP contribution < -0.4 is 0 Å². The van der Waals surface area contributed by atoms with E-state index in [1.54, 1.807) is 13.8 Å². The van der Waals surface area contributed by atoms with Crippen molar-refractivity contribution in [1.29, 1.82) is 0 Å². The fourth-order valence-corrected chi connectivity index (χ4v) is 1.25. The summed E-state index contributed by atoms with van der Waals surface area (Å²) in [5, 5.41) is 9.28. The van der Waals surface area contributed by atoms with Crippen LogP contribution in [0.25, 0.3) is 0 Å². The Hall–Kier alpha value is -1.03. The van der Waals surface area contributed by atoms with E-state index in [1.807, 2.05) is 0 Å². The van der Waals surface area contributed by atoms with Crippen molar-refractivity contribution >= 4 is 0 Å². The van der Waals surface area contributed by atoms with Crippen molar-refractivity contribution < 1.29 is 18.3 Å². The summed E-state index contributed by atoms with van der Waals surface area (Å²) in [6.07, 6.45) is -4.87. The predicted octanol–water partition coefficient (Wildman–Crippen LogP) is 3.19. The lowest BCUT2D eigenvalue weighted by Gasteiger charge is -2.15. The molecule has 2 unspecified atom stereocenters. The molecule has 4 heteroatoms. The molecule has 84 valence electrons. The Kier molecular flexibility index (Phi) is 3.39. The van der Waals surface area contributed by atoms with E-state index in [0.29, 0.717) is 5.56 Å². The second-order valence-corrected chi connectivity index (χ2v) is 3.65. The third kappa shape index (κ3) is 2.96. The molecule has 0 spiro atoms. The van der Waals surface area contributed by atoms with E-state index in [9.17, 15) is 18.3 Å². The van der Waals surface area contributed by atoms with Gasteiger partial charge in [0.15, 0.2) is 0 Å². The van der Waals surface area contributed by atoms with Gasteiger partial charge in [-0.1, -0.05) is 19.1 Å². The molecule has 0 heterocycles. The minimum Gasteiger partial charge on any atom is -0.393 e. The second kappa shape index (κ2) is 4.23. The first-order valence-electron chi connectivity index (χ1n) is 4.67. The van der Waals surface area contributed by atoms with Gasteiger partial charge in [0.1, 0.15) is 0 Å². The third-order valence-corrected chi connectivity index (χ3v) is 2.49. The molecule has 0 saturated carbocycles. The maximum Gasteiger partial charge on any atom is 0.416 e. The number of hydrogen-bond acceptors (Lipinski definition) is 1. The maximum absolute atomic E-state index is 12.2. The highest BCUT2D eigenvalue weighted by Crippen LogP contribution is 2.30. The summed E-state index contributed by atoms with van der Waals surface area (Å²) in [5.41, 5.74) is 0.0436. The Balaban J connectivity index is 2.91. The van der Waals surface area contributed by atoms with E-state index in [4.69, 9.17) is 0 Å². The largest absolute Gasteiger partial charge is 0.416 e. The lowest BCUT2D eigenvalue weighted by atomic mass is 9.95. The Morgan fingerprint density at radius 1 is 1.07 bits per heavy atom. The summed E-state index contributed by atoms with van der Waals surface area (Å²) in [4.78, 5) is 0. The standard InChI is InChI=1S/C11H13F3O/c1-7(8(2)15)9-3-5-10(6-4-9)11(12,13)14/h3-8,15H,1-2H3. The average Bonchev–Trinajstić information content (AvgIpc) is 2.15. The van der Waals surface area contributed by atoms with Gasteiger partial charge in [0.25, 0.3) is 0 Å². The summed E-state index contributed by atoms with van der Waals surface area (Å²) >= 11 is 0. The first kappa shape index (κ1) is 12.0. The van der Waals surface area contributed by atoms with Crippen molar-refractivity contribution in [2.24, 2.45) is 0 Å². The fraction of sp³-hybridized carbons (Fsp3) is 0.455. The van der Waals surface area contributed by atoms with Gasteiger partial charge in [-0.2, -0.15) is 13.2 Å². The van der Waals surface area contributed by atoms with Crippen LogP contribution in [-0.2, 0) is 6.18 Å². The Bertz CT molecular complexity index is 314. The van der Waals surface area contributed by atoms with Gasteiger partial charge in [-0.05, 0) is 24.6 Å². The molecule has 15 heavy (non-hydrogen) atoms. The predicted molar refractivity (Wildman–Crippen MR) is 51.5 cm³/mol. The maximum atomic E-state index is 12.2. The van der Waals surface area contributed by atoms with Crippen LogP contribution in [0.3, 0.4) is 0 Å². The topological polar surface area (TPSA) is 20.2 Å². The number of aliphatic hydroxyl groups is 1. The summed E-state index contributed by atoms with van der Waals surface area (Å²) in [7, 11) is 0. The average molecular weight is 218 g/mol. The zero-order valence-electron chi connectivity index (χ0n) is 8.55. The lowest BCUT2D eigenvalue weighted by Crippen LogP contribution is -2.11. The monoisotopic (exact) mass is 218 g/mol. The van der Waals surface area contributed by atoms with Crippen LogP contribution in [0, 0.1) is 0 Å². The van der Waals surface area contributed by atoms with Gasteiger partial charge < -0.3 is 5.11 Å². The number of alkyl halides is 3. The van der Waals surface area contributed by atoms with Crippen molar-refractivity contribution in [2.75, 3.05) is 0 Å². The SMILES string of the molecule is CC(O)C(C)c1ccc(C(F)(F)F)cc1. The van der Waals surface area contributed by atoms with Crippen LogP contribution in [0.2, 0.25) is 0 Å². The van der Waals surface area contributed by atoms with Crippen molar-refractivity contribution in [2.45, 2.75) is 32.0 Å². The van der Waals surface area contributed by atoms with Crippen LogP contribution in [0.4, 0.5) is 13.2 Å². The van der Waals surface area contributed by atoms with Crippen LogP contribution in [0.1, 0.15) is 30.9 Å². The quantitative estimate of drug-likeness (QED) is 0.808. The molecule has 0 aliphatic carbocycles. The van der Waals surface area contributed by atoms with Crippen molar-refractivity contribution in [3.05, 3.63) is 35.4 Å². The van der Waals surface area contributed by atoms with Gasteiger partial charge in [-0.3, -0.25) is 0 Å². The highest BCUT2D eigenvalue weighted by Gasteiger charge is 2.30. The second-order valence-electron chi connectivity index (χ2n) is 3.65. The molecule has 1 aromatic carbocycles. The van der Waals surface area contributed by atoms with Crippen molar-refractivity contribution in [3.8, 4) is 0 Å². The zero-order valence-corrected chi connectivity index (χ0v) is 8.55. The molecule has 0 fully saturated rings. The van der Waals surface area contributed by atoms with E-state index in [2.05, 4.69) is 0 Å². The molecule has 0 bridgehead atoms. The Morgan fingerprint density at radius 2 is 1.53 bits per heavy atom. The molecule has 1 nitrogen and oxygen atoms in total. The highest BCUT2D eigenvalue weighted by molar-refractivity contribution is 5.27. The number of rotatable bonds is 2. The van der Waals surface area contributed by atoms with E-state index in [0.717, 1.165) is 12.1 Å². The van der Waals surface area contributed by atoms with Gasteiger partial charge in [-0.25, -0.2) is 0 Å². The summed E-state index contributed by atoms with van der Waals surface area (Å²) in [6.45, 7) is 3.38.